The van der Waals surface area contributed by atoms with Crippen LogP contribution in [0.25, 0.3) is 16.4 Å². The minimum Gasteiger partial charge on any atom is -0.497 e. The number of fused-ring (bicyclic) bond motifs is 6. The maximum Gasteiger partial charge on any atom is 0.228 e. The summed E-state index contributed by atoms with van der Waals surface area (Å²) in [6.07, 6.45) is 1.65. The highest BCUT2D eigenvalue weighted by Crippen LogP contribution is 2.50. The van der Waals surface area contributed by atoms with Gasteiger partial charge in [0.15, 0.2) is 11.5 Å². The van der Waals surface area contributed by atoms with E-state index in [9.17, 15) is 0 Å². The van der Waals surface area contributed by atoms with Gasteiger partial charge in [0.25, 0.3) is 0 Å². The smallest absolute Gasteiger partial charge is 0.228 e. The van der Waals surface area contributed by atoms with Gasteiger partial charge in [-0.05, 0) is 35.2 Å². The number of aromatic nitrogens is 4. The third kappa shape index (κ3) is 3.63. The Labute approximate surface area is 212 Å². The SMILES string of the molecule is COc1ccc(OCc2nc3c4c(ncn3n2)Oc2c(ccc3ccccc23)C4c2ccccc2)cc1. The summed E-state index contributed by atoms with van der Waals surface area (Å²) >= 11 is 0. The van der Waals surface area contributed by atoms with Gasteiger partial charge in [-0.15, -0.1) is 5.10 Å². The van der Waals surface area contributed by atoms with E-state index in [0.717, 1.165) is 39.0 Å². The zero-order chi connectivity index (χ0) is 24.8. The molecule has 1 aliphatic rings. The Morgan fingerprint density at radius 3 is 2.49 bits per heavy atom. The van der Waals surface area contributed by atoms with Crippen molar-refractivity contribution in [3.63, 3.8) is 0 Å². The molecule has 180 valence electrons. The van der Waals surface area contributed by atoms with E-state index in [1.54, 1.807) is 18.0 Å². The van der Waals surface area contributed by atoms with Crippen molar-refractivity contribution in [2.45, 2.75) is 12.5 Å². The molecule has 6 aromatic rings. The van der Waals surface area contributed by atoms with Gasteiger partial charge in [-0.3, -0.25) is 0 Å². The Balaban J connectivity index is 1.34. The van der Waals surface area contributed by atoms with Crippen molar-refractivity contribution >= 4 is 16.4 Å². The van der Waals surface area contributed by atoms with E-state index in [-0.39, 0.29) is 12.5 Å². The van der Waals surface area contributed by atoms with E-state index >= 15 is 0 Å². The number of rotatable bonds is 5. The van der Waals surface area contributed by atoms with Crippen LogP contribution in [0, 0.1) is 0 Å². The fourth-order valence-corrected chi connectivity index (χ4v) is 4.96. The lowest BCUT2D eigenvalue weighted by Gasteiger charge is -2.28. The monoisotopic (exact) mass is 486 g/mol. The highest BCUT2D eigenvalue weighted by Gasteiger charge is 2.34. The molecule has 37 heavy (non-hydrogen) atoms. The average molecular weight is 487 g/mol. The van der Waals surface area contributed by atoms with Crippen LogP contribution in [-0.2, 0) is 6.61 Å². The standard InChI is InChI=1S/C30H22N4O3/c1-35-21-12-14-22(15-13-21)36-17-25-32-29-27-26(20-8-3-2-4-9-20)24-16-11-19-7-5-6-10-23(19)28(24)37-30(27)31-18-34(29)33-25/h2-16,18,26H,17H2,1H3. The molecule has 0 spiro atoms. The second kappa shape index (κ2) is 8.64. The van der Waals surface area contributed by atoms with Crippen molar-refractivity contribution in [1.29, 1.82) is 0 Å². The maximum absolute atomic E-state index is 6.48. The first-order valence-corrected chi connectivity index (χ1v) is 12.0. The number of ether oxygens (including phenoxy) is 3. The number of hydrogen-bond donors (Lipinski definition) is 0. The zero-order valence-electron chi connectivity index (χ0n) is 20.0. The summed E-state index contributed by atoms with van der Waals surface area (Å²) in [7, 11) is 1.64. The van der Waals surface area contributed by atoms with Crippen molar-refractivity contribution in [3.05, 3.63) is 120 Å². The van der Waals surface area contributed by atoms with E-state index < -0.39 is 0 Å². The Bertz CT molecular complexity index is 1750. The molecule has 0 fully saturated rings. The molecule has 4 aromatic carbocycles. The number of nitrogens with zero attached hydrogens (tertiary/aromatic N) is 4. The van der Waals surface area contributed by atoms with E-state index in [4.69, 9.17) is 19.2 Å². The largest absolute Gasteiger partial charge is 0.497 e. The van der Waals surface area contributed by atoms with Gasteiger partial charge in [-0.1, -0.05) is 66.7 Å². The summed E-state index contributed by atoms with van der Waals surface area (Å²) in [4.78, 5) is 9.53. The van der Waals surface area contributed by atoms with Crippen LogP contribution in [0.4, 0.5) is 0 Å². The summed E-state index contributed by atoms with van der Waals surface area (Å²) in [6.45, 7) is 0.223. The number of benzene rings is 4. The van der Waals surface area contributed by atoms with Crippen LogP contribution in [0.5, 0.6) is 23.1 Å². The molecule has 7 nitrogen and oxygen atoms in total. The van der Waals surface area contributed by atoms with E-state index in [1.807, 2.05) is 42.5 Å². The molecule has 0 amide bonds. The molecular formula is C30H22N4O3. The Hall–Kier alpha value is -4.91. The summed E-state index contributed by atoms with van der Waals surface area (Å²) in [5.74, 6) is 3.31. The molecule has 1 unspecified atom stereocenters. The lowest BCUT2D eigenvalue weighted by molar-refractivity contribution is 0.295. The molecule has 7 rings (SSSR count). The molecule has 3 heterocycles. The van der Waals surface area contributed by atoms with Crippen LogP contribution in [0.1, 0.15) is 28.4 Å². The van der Waals surface area contributed by atoms with E-state index in [0.29, 0.717) is 23.1 Å². The third-order valence-electron chi connectivity index (χ3n) is 6.70. The fraction of sp³-hybridized carbons (Fsp3) is 0.100. The van der Waals surface area contributed by atoms with Crippen LogP contribution in [0.3, 0.4) is 0 Å². The van der Waals surface area contributed by atoms with Gasteiger partial charge in [-0.25, -0.2) is 14.5 Å². The highest BCUT2D eigenvalue weighted by atomic mass is 16.5. The van der Waals surface area contributed by atoms with Crippen molar-refractivity contribution in [1.82, 2.24) is 19.6 Å². The predicted molar refractivity (Wildman–Crippen MR) is 140 cm³/mol. The van der Waals surface area contributed by atoms with Gasteiger partial charge in [0.1, 0.15) is 30.2 Å². The Morgan fingerprint density at radius 2 is 1.65 bits per heavy atom. The lowest BCUT2D eigenvalue weighted by Crippen LogP contribution is -2.15. The van der Waals surface area contributed by atoms with Crippen LogP contribution >= 0.6 is 0 Å². The second-order valence-electron chi connectivity index (χ2n) is 8.87. The highest BCUT2D eigenvalue weighted by molar-refractivity contribution is 5.91. The molecule has 0 saturated carbocycles. The van der Waals surface area contributed by atoms with Crippen molar-refractivity contribution in [3.8, 4) is 23.1 Å². The molecular weight excluding hydrogens is 464 g/mol. The summed E-state index contributed by atoms with van der Waals surface area (Å²) < 4.78 is 19.3. The topological polar surface area (TPSA) is 70.8 Å². The first-order valence-electron chi connectivity index (χ1n) is 12.0. The molecule has 1 aliphatic heterocycles. The quantitative estimate of drug-likeness (QED) is 0.291. The van der Waals surface area contributed by atoms with Gasteiger partial charge in [-0.2, -0.15) is 0 Å². The minimum atomic E-state index is -0.111. The van der Waals surface area contributed by atoms with E-state index in [1.165, 1.54) is 0 Å². The molecule has 0 saturated heterocycles. The van der Waals surface area contributed by atoms with Crippen LogP contribution in [0.2, 0.25) is 0 Å². The molecule has 2 aromatic heterocycles. The van der Waals surface area contributed by atoms with Crippen molar-refractivity contribution in [2.24, 2.45) is 0 Å². The molecule has 0 N–H and O–H groups in total. The second-order valence-corrected chi connectivity index (χ2v) is 8.87. The van der Waals surface area contributed by atoms with Gasteiger partial charge < -0.3 is 14.2 Å². The van der Waals surface area contributed by atoms with Gasteiger partial charge in [0.2, 0.25) is 5.88 Å². The lowest BCUT2D eigenvalue weighted by atomic mass is 9.83. The predicted octanol–water partition coefficient (Wildman–Crippen LogP) is 6.15. The summed E-state index contributed by atoms with van der Waals surface area (Å²) in [5, 5.41) is 6.82. The van der Waals surface area contributed by atoms with Gasteiger partial charge in [0.05, 0.1) is 12.7 Å². The van der Waals surface area contributed by atoms with Crippen molar-refractivity contribution < 1.29 is 14.2 Å². The Kier molecular flexibility index (Phi) is 4.99. The average Bonchev–Trinajstić information content (AvgIpc) is 3.39. The van der Waals surface area contributed by atoms with Gasteiger partial charge >= 0.3 is 0 Å². The molecule has 0 aliphatic carbocycles. The zero-order valence-corrected chi connectivity index (χ0v) is 20.0. The van der Waals surface area contributed by atoms with Crippen molar-refractivity contribution in [2.75, 3.05) is 7.11 Å². The minimum absolute atomic E-state index is 0.111. The molecule has 7 heteroatoms. The summed E-state index contributed by atoms with van der Waals surface area (Å²) in [6, 6.07) is 30.4. The van der Waals surface area contributed by atoms with Gasteiger partial charge in [0, 0.05) is 16.9 Å². The molecule has 0 bridgehead atoms. The van der Waals surface area contributed by atoms with Crippen LogP contribution in [-0.4, -0.2) is 26.7 Å². The first-order chi connectivity index (χ1) is 18.3. The third-order valence-corrected chi connectivity index (χ3v) is 6.70. The Morgan fingerprint density at radius 1 is 0.865 bits per heavy atom. The van der Waals surface area contributed by atoms with E-state index in [2.05, 4.69) is 58.6 Å². The normalized spacial score (nSPS) is 14.1. The first kappa shape index (κ1) is 21.4. The number of hydrogen-bond acceptors (Lipinski definition) is 6. The summed E-state index contributed by atoms with van der Waals surface area (Å²) in [5.41, 5.74) is 3.80. The maximum atomic E-state index is 6.48. The van der Waals surface area contributed by atoms with Crippen LogP contribution in [0.15, 0.2) is 97.3 Å². The number of methoxy groups -OCH3 is 1. The molecule has 1 atom stereocenters. The molecule has 0 radical (unpaired) electrons. The fourth-order valence-electron chi connectivity index (χ4n) is 4.96. The van der Waals surface area contributed by atoms with Crippen LogP contribution < -0.4 is 14.2 Å².